The molecule has 0 amide bonds. The zero-order valence-electron chi connectivity index (χ0n) is 7.42. The van der Waals surface area contributed by atoms with Crippen LogP contribution < -0.4 is 5.73 Å². The fourth-order valence-electron chi connectivity index (χ4n) is 1.06. The van der Waals surface area contributed by atoms with Crippen LogP contribution in [0, 0.1) is 0 Å². The van der Waals surface area contributed by atoms with E-state index < -0.39 is 0 Å². The molecule has 0 unspecified atom stereocenters. The number of thioether (sulfide) groups is 1. The van der Waals surface area contributed by atoms with Gasteiger partial charge in [0.25, 0.3) is 0 Å². The summed E-state index contributed by atoms with van der Waals surface area (Å²) in [6.45, 7) is 5.82. The van der Waals surface area contributed by atoms with Gasteiger partial charge in [0.2, 0.25) is 0 Å². The van der Waals surface area contributed by atoms with Gasteiger partial charge in [-0.3, -0.25) is 0 Å². The summed E-state index contributed by atoms with van der Waals surface area (Å²) in [6, 6.07) is 6.06. The lowest BCUT2D eigenvalue weighted by Gasteiger charge is -2.05. The Balaban J connectivity index is 3.12. The molecule has 1 aromatic carbocycles. The Morgan fingerprint density at radius 3 is 2.58 bits per heavy atom. The van der Waals surface area contributed by atoms with Crippen LogP contribution in [0.25, 0.3) is 5.57 Å². The highest BCUT2D eigenvalue weighted by Gasteiger charge is 1.99. The topological polar surface area (TPSA) is 26.0 Å². The first-order valence-electron chi connectivity index (χ1n) is 3.74. The van der Waals surface area contributed by atoms with Crippen molar-refractivity contribution in [3.05, 3.63) is 30.3 Å². The second-order valence-corrected chi connectivity index (χ2v) is 3.61. The average Bonchev–Trinajstić information content (AvgIpc) is 2.03. The Morgan fingerprint density at radius 1 is 1.50 bits per heavy atom. The van der Waals surface area contributed by atoms with Crippen molar-refractivity contribution in [3.8, 4) is 0 Å². The molecule has 2 N–H and O–H groups in total. The number of allylic oxidation sites excluding steroid dienone is 1. The molecular weight excluding hydrogens is 166 g/mol. The van der Waals surface area contributed by atoms with Crippen LogP contribution in [0.2, 0.25) is 0 Å². The highest BCUT2D eigenvalue weighted by atomic mass is 32.2. The van der Waals surface area contributed by atoms with Gasteiger partial charge in [-0.2, -0.15) is 0 Å². The third kappa shape index (κ3) is 1.83. The van der Waals surface area contributed by atoms with Gasteiger partial charge in [-0.1, -0.05) is 12.6 Å². The number of nitrogen functional groups attached to an aromatic ring is 1. The maximum Gasteiger partial charge on any atom is 0.0401 e. The van der Waals surface area contributed by atoms with Gasteiger partial charge in [0, 0.05) is 10.6 Å². The summed E-state index contributed by atoms with van der Waals surface area (Å²) < 4.78 is 0. The lowest BCUT2D eigenvalue weighted by Crippen LogP contribution is -1.91. The molecular formula is C10H13NS. The van der Waals surface area contributed by atoms with Gasteiger partial charge in [0.15, 0.2) is 0 Å². The molecule has 2 heteroatoms. The van der Waals surface area contributed by atoms with Gasteiger partial charge >= 0.3 is 0 Å². The first-order valence-corrected chi connectivity index (χ1v) is 4.97. The van der Waals surface area contributed by atoms with E-state index in [0.29, 0.717) is 0 Å². The van der Waals surface area contributed by atoms with Crippen molar-refractivity contribution in [1.29, 1.82) is 0 Å². The van der Waals surface area contributed by atoms with E-state index in [1.807, 2.05) is 25.3 Å². The van der Waals surface area contributed by atoms with Crippen LogP contribution in [-0.2, 0) is 0 Å². The second-order valence-electron chi connectivity index (χ2n) is 2.73. The maximum atomic E-state index is 5.82. The van der Waals surface area contributed by atoms with Crippen molar-refractivity contribution in [2.24, 2.45) is 0 Å². The molecule has 0 atom stereocenters. The van der Waals surface area contributed by atoms with E-state index in [4.69, 9.17) is 5.73 Å². The Bertz CT molecular complexity index is 305. The standard InChI is InChI=1S/C10H13NS/c1-7(2)9-5-4-8(12-3)6-10(9)11/h4-6H,1,11H2,2-3H3. The Kier molecular flexibility index (Phi) is 2.82. The number of hydrogen-bond donors (Lipinski definition) is 1. The maximum absolute atomic E-state index is 5.82. The third-order valence-corrected chi connectivity index (χ3v) is 2.44. The number of rotatable bonds is 2. The van der Waals surface area contributed by atoms with Gasteiger partial charge in [0.05, 0.1) is 0 Å². The van der Waals surface area contributed by atoms with Crippen molar-refractivity contribution in [2.75, 3.05) is 12.0 Å². The predicted molar refractivity (Wildman–Crippen MR) is 57.3 cm³/mol. The summed E-state index contributed by atoms with van der Waals surface area (Å²) in [5.74, 6) is 0. The molecule has 0 spiro atoms. The molecule has 0 heterocycles. The average molecular weight is 179 g/mol. The fourth-order valence-corrected chi connectivity index (χ4v) is 1.51. The molecule has 0 aliphatic heterocycles. The highest BCUT2D eigenvalue weighted by molar-refractivity contribution is 7.98. The SMILES string of the molecule is C=C(C)c1ccc(SC)cc1N. The van der Waals surface area contributed by atoms with Crippen molar-refractivity contribution < 1.29 is 0 Å². The fraction of sp³-hybridized carbons (Fsp3) is 0.200. The molecule has 0 fully saturated rings. The smallest absolute Gasteiger partial charge is 0.0401 e. The molecule has 0 aliphatic carbocycles. The predicted octanol–water partition coefficient (Wildman–Crippen LogP) is 3.02. The molecule has 0 bridgehead atoms. The molecule has 1 nitrogen and oxygen atoms in total. The number of benzene rings is 1. The summed E-state index contributed by atoms with van der Waals surface area (Å²) in [4.78, 5) is 1.19. The van der Waals surface area contributed by atoms with Gasteiger partial charge in [0.1, 0.15) is 0 Å². The molecule has 0 saturated carbocycles. The first kappa shape index (κ1) is 9.20. The van der Waals surface area contributed by atoms with E-state index in [2.05, 4.69) is 12.6 Å². The molecule has 0 aliphatic rings. The monoisotopic (exact) mass is 179 g/mol. The molecule has 0 saturated heterocycles. The zero-order valence-corrected chi connectivity index (χ0v) is 8.24. The van der Waals surface area contributed by atoms with E-state index >= 15 is 0 Å². The van der Waals surface area contributed by atoms with Crippen LogP contribution in [0.4, 0.5) is 5.69 Å². The van der Waals surface area contributed by atoms with E-state index in [9.17, 15) is 0 Å². The normalized spacial score (nSPS) is 9.83. The van der Waals surface area contributed by atoms with E-state index in [1.165, 1.54) is 4.90 Å². The lowest BCUT2D eigenvalue weighted by atomic mass is 10.1. The molecule has 1 rings (SSSR count). The van der Waals surface area contributed by atoms with Crippen LogP contribution in [0.5, 0.6) is 0 Å². The van der Waals surface area contributed by atoms with Crippen LogP contribution in [0.15, 0.2) is 29.7 Å². The summed E-state index contributed by atoms with van der Waals surface area (Å²) in [7, 11) is 0. The Morgan fingerprint density at radius 2 is 2.17 bits per heavy atom. The summed E-state index contributed by atoms with van der Waals surface area (Å²) in [5, 5.41) is 0. The third-order valence-electron chi connectivity index (χ3n) is 1.72. The van der Waals surface area contributed by atoms with Crippen molar-refractivity contribution in [1.82, 2.24) is 0 Å². The van der Waals surface area contributed by atoms with Gasteiger partial charge < -0.3 is 5.73 Å². The lowest BCUT2D eigenvalue weighted by molar-refractivity contribution is 1.43. The molecule has 64 valence electrons. The van der Waals surface area contributed by atoms with Crippen molar-refractivity contribution in [3.63, 3.8) is 0 Å². The Labute approximate surface area is 77.7 Å². The summed E-state index contributed by atoms with van der Waals surface area (Å²) in [6.07, 6.45) is 2.04. The quantitative estimate of drug-likeness (QED) is 0.558. The molecule has 12 heavy (non-hydrogen) atoms. The van der Waals surface area contributed by atoms with E-state index in [-0.39, 0.29) is 0 Å². The number of hydrogen-bond acceptors (Lipinski definition) is 2. The van der Waals surface area contributed by atoms with Crippen molar-refractivity contribution >= 4 is 23.0 Å². The Hall–Kier alpha value is -0.890. The van der Waals surface area contributed by atoms with E-state index in [0.717, 1.165) is 16.8 Å². The van der Waals surface area contributed by atoms with Gasteiger partial charge in [-0.15, -0.1) is 11.8 Å². The summed E-state index contributed by atoms with van der Waals surface area (Å²) in [5.41, 5.74) is 8.70. The first-order chi connectivity index (χ1) is 5.65. The minimum Gasteiger partial charge on any atom is -0.398 e. The number of anilines is 1. The second kappa shape index (κ2) is 3.68. The zero-order chi connectivity index (χ0) is 9.14. The summed E-state index contributed by atoms with van der Waals surface area (Å²) >= 11 is 1.69. The highest BCUT2D eigenvalue weighted by Crippen LogP contribution is 2.24. The van der Waals surface area contributed by atoms with Crippen LogP contribution in [-0.4, -0.2) is 6.26 Å². The number of nitrogens with two attached hydrogens (primary N) is 1. The minimum absolute atomic E-state index is 0.814. The molecule has 0 radical (unpaired) electrons. The van der Waals surface area contributed by atoms with Crippen LogP contribution >= 0.6 is 11.8 Å². The van der Waals surface area contributed by atoms with Gasteiger partial charge in [-0.25, -0.2) is 0 Å². The molecule has 0 aromatic heterocycles. The van der Waals surface area contributed by atoms with E-state index in [1.54, 1.807) is 11.8 Å². The van der Waals surface area contributed by atoms with Crippen molar-refractivity contribution in [2.45, 2.75) is 11.8 Å². The van der Waals surface area contributed by atoms with Crippen LogP contribution in [0.3, 0.4) is 0 Å². The minimum atomic E-state index is 0.814. The largest absolute Gasteiger partial charge is 0.398 e. The van der Waals surface area contributed by atoms with Crippen LogP contribution in [0.1, 0.15) is 12.5 Å². The molecule has 1 aromatic rings. The van der Waals surface area contributed by atoms with Gasteiger partial charge in [-0.05, 0) is 36.4 Å².